The summed E-state index contributed by atoms with van der Waals surface area (Å²) in [6, 6.07) is 11.8. The van der Waals surface area contributed by atoms with Crippen LogP contribution in [0.5, 0.6) is 0 Å². The number of aromatic nitrogens is 1. The van der Waals surface area contributed by atoms with Crippen molar-refractivity contribution in [2.24, 2.45) is 0 Å². The summed E-state index contributed by atoms with van der Waals surface area (Å²) in [5.41, 5.74) is 9.23. The van der Waals surface area contributed by atoms with E-state index in [1.165, 1.54) is 0 Å². The number of nitrogens with zero attached hydrogens (tertiary/aromatic N) is 1. The highest BCUT2D eigenvalue weighted by Crippen LogP contribution is 2.23. The van der Waals surface area contributed by atoms with Crippen LogP contribution >= 0.6 is 11.6 Å². The summed E-state index contributed by atoms with van der Waals surface area (Å²) in [6.45, 7) is 0. The molecule has 1 aromatic carbocycles. The first-order chi connectivity index (χ1) is 7.31. The van der Waals surface area contributed by atoms with E-state index in [0.29, 0.717) is 11.6 Å². The number of pyridine rings is 1. The van der Waals surface area contributed by atoms with Crippen molar-refractivity contribution in [1.82, 2.24) is 4.98 Å². The van der Waals surface area contributed by atoms with Crippen LogP contribution < -0.4 is 5.73 Å². The number of nitrogen functional groups attached to an aromatic ring is 1. The third-order valence-corrected chi connectivity index (χ3v) is 2.47. The highest BCUT2D eigenvalue weighted by molar-refractivity contribution is 6.17. The molecule has 0 radical (unpaired) electrons. The largest absolute Gasteiger partial charge is 0.397 e. The van der Waals surface area contributed by atoms with Crippen molar-refractivity contribution in [2.45, 2.75) is 5.88 Å². The van der Waals surface area contributed by atoms with E-state index in [4.69, 9.17) is 17.3 Å². The van der Waals surface area contributed by atoms with Crippen molar-refractivity contribution >= 4 is 17.3 Å². The molecule has 0 fully saturated rings. The van der Waals surface area contributed by atoms with Crippen LogP contribution in [0, 0.1) is 0 Å². The van der Waals surface area contributed by atoms with E-state index >= 15 is 0 Å². The lowest BCUT2D eigenvalue weighted by Crippen LogP contribution is -1.94. The van der Waals surface area contributed by atoms with E-state index in [2.05, 4.69) is 4.98 Å². The number of benzene rings is 1. The second-order valence-electron chi connectivity index (χ2n) is 3.28. The molecule has 0 atom stereocenters. The highest BCUT2D eigenvalue weighted by Gasteiger charge is 2.05. The minimum atomic E-state index is 0.419. The first-order valence-corrected chi connectivity index (χ1v) is 5.20. The van der Waals surface area contributed by atoms with Crippen molar-refractivity contribution in [1.29, 1.82) is 0 Å². The molecule has 1 heterocycles. The lowest BCUT2D eigenvalue weighted by Gasteiger charge is -2.06. The third-order valence-electron chi connectivity index (χ3n) is 2.18. The van der Waals surface area contributed by atoms with Crippen LogP contribution in [0.1, 0.15) is 5.56 Å². The number of anilines is 1. The molecule has 0 amide bonds. The van der Waals surface area contributed by atoms with Gasteiger partial charge in [-0.05, 0) is 11.6 Å². The van der Waals surface area contributed by atoms with Crippen molar-refractivity contribution in [3.8, 4) is 11.3 Å². The highest BCUT2D eigenvalue weighted by atomic mass is 35.5. The normalized spacial score (nSPS) is 10.2. The van der Waals surface area contributed by atoms with Gasteiger partial charge in [0.05, 0.1) is 17.6 Å². The number of nitrogens with two attached hydrogens (primary N) is 1. The topological polar surface area (TPSA) is 38.9 Å². The Bertz CT molecular complexity index is 454. The van der Waals surface area contributed by atoms with Crippen LogP contribution in [-0.2, 0) is 5.88 Å². The maximum Gasteiger partial charge on any atom is 0.0747 e. The minimum absolute atomic E-state index is 0.419. The quantitative estimate of drug-likeness (QED) is 0.787. The van der Waals surface area contributed by atoms with Gasteiger partial charge in [-0.2, -0.15) is 0 Å². The zero-order valence-electron chi connectivity index (χ0n) is 8.15. The number of halogens is 1. The van der Waals surface area contributed by atoms with E-state index < -0.39 is 0 Å². The minimum Gasteiger partial charge on any atom is -0.397 e. The molecule has 2 rings (SSSR count). The molecule has 0 spiro atoms. The van der Waals surface area contributed by atoms with Crippen molar-refractivity contribution < 1.29 is 0 Å². The maximum absolute atomic E-state index is 5.86. The van der Waals surface area contributed by atoms with E-state index in [-0.39, 0.29) is 0 Å². The number of alkyl halides is 1. The summed E-state index contributed by atoms with van der Waals surface area (Å²) >= 11 is 5.86. The first-order valence-electron chi connectivity index (χ1n) is 4.67. The van der Waals surface area contributed by atoms with Gasteiger partial charge in [0.2, 0.25) is 0 Å². The van der Waals surface area contributed by atoms with Gasteiger partial charge >= 0.3 is 0 Å². The van der Waals surface area contributed by atoms with E-state index in [1.807, 2.05) is 36.4 Å². The number of hydrogen-bond donors (Lipinski definition) is 1. The second-order valence-corrected chi connectivity index (χ2v) is 3.54. The molecular formula is C12H11ClN2. The molecule has 0 aliphatic carbocycles. The van der Waals surface area contributed by atoms with Gasteiger partial charge in [-0.25, -0.2) is 0 Å². The molecule has 0 bridgehead atoms. The average molecular weight is 219 g/mol. The Morgan fingerprint density at radius 2 is 1.93 bits per heavy atom. The summed E-state index contributed by atoms with van der Waals surface area (Å²) in [6.07, 6.45) is 1.65. The zero-order valence-corrected chi connectivity index (χ0v) is 8.91. The van der Waals surface area contributed by atoms with Gasteiger partial charge in [0.15, 0.2) is 0 Å². The molecule has 15 heavy (non-hydrogen) atoms. The lowest BCUT2D eigenvalue weighted by atomic mass is 10.1. The molecule has 0 unspecified atom stereocenters. The standard InChI is InChI=1S/C12H11ClN2/c13-7-10-6-11(14)8-15-12(10)9-4-2-1-3-5-9/h1-6,8H,7,14H2. The summed E-state index contributed by atoms with van der Waals surface area (Å²) in [5, 5.41) is 0. The van der Waals surface area contributed by atoms with Crippen LogP contribution in [0.15, 0.2) is 42.6 Å². The summed E-state index contributed by atoms with van der Waals surface area (Å²) in [7, 11) is 0. The van der Waals surface area contributed by atoms with Crippen molar-refractivity contribution in [3.05, 3.63) is 48.2 Å². The summed E-state index contributed by atoms with van der Waals surface area (Å²) < 4.78 is 0. The van der Waals surface area contributed by atoms with Crippen LogP contribution in [-0.4, -0.2) is 4.98 Å². The predicted molar refractivity (Wildman–Crippen MR) is 63.6 cm³/mol. The van der Waals surface area contributed by atoms with Gasteiger partial charge in [0.1, 0.15) is 0 Å². The van der Waals surface area contributed by atoms with Gasteiger partial charge in [0.25, 0.3) is 0 Å². The van der Waals surface area contributed by atoms with Gasteiger partial charge < -0.3 is 5.73 Å². The third kappa shape index (κ3) is 2.10. The van der Waals surface area contributed by atoms with Gasteiger partial charge in [0, 0.05) is 11.4 Å². The Kier molecular flexibility index (Phi) is 2.88. The Balaban J connectivity index is 2.53. The molecule has 76 valence electrons. The molecule has 2 N–H and O–H groups in total. The SMILES string of the molecule is Nc1cnc(-c2ccccc2)c(CCl)c1. The van der Waals surface area contributed by atoms with Crippen molar-refractivity contribution in [2.75, 3.05) is 5.73 Å². The lowest BCUT2D eigenvalue weighted by molar-refractivity contribution is 1.25. The molecule has 2 nitrogen and oxygen atoms in total. The van der Waals surface area contributed by atoms with Crippen LogP contribution in [0.2, 0.25) is 0 Å². The monoisotopic (exact) mass is 218 g/mol. The van der Waals surface area contributed by atoms with E-state index in [9.17, 15) is 0 Å². The fraction of sp³-hybridized carbons (Fsp3) is 0.0833. The Morgan fingerprint density at radius 1 is 1.20 bits per heavy atom. The molecule has 0 aliphatic rings. The smallest absolute Gasteiger partial charge is 0.0747 e. The molecule has 3 heteroatoms. The fourth-order valence-corrected chi connectivity index (χ4v) is 1.69. The molecule has 0 aliphatic heterocycles. The summed E-state index contributed by atoms with van der Waals surface area (Å²) in [4.78, 5) is 4.31. The average Bonchev–Trinajstić information content (AvgIpc) is 2.30. The Hall–Kier alpha value is -1.54. The fourth-order valence-electron chi connectivity index (χ4n) is 1.49. The second kappa shape index (κ2) is 4.32. The van der Waals surface area contributed by atoms with Crippen LogP contribution in [0.4, 0.5) is 5.69 Å². The van der Waals surface area contributed by atoms with Crippen molar-refractivity contribution in [3.63, 3.8) is 0 Å². The van der Waals surface area contributed by atoms with E-state index in [1.54, 1.807) is 6.20 Å². The molecule has 2 aromatic rings. The summed E-state index contributed by atoms with van der Waals surface area (Å²) in [5.74, 6) is 0.419. The Morgan fingerprint density at radius 3 is 2.60 bits per heavy atom. The first kappa shape index (κ1) is 9.99. The number of hydrogen-bond acceptors (Lipinski definition) is 2. The molecule has 1 aromatic heterocycles. The maximum atomic E-state index is 5.86. The zero-order chi connectivity index (χ0) is 10.7. The molecule has 0 saturated heterocycles. The predicted octanol–water partition coefficient (Wildman–Crippen LogP) is 3.07. The van der Waals surface area contributed by atoms with Gasteiger partial charge in [-0.15, -0.1) is 11.6 Å². The van der Waals surface area contributed by atoms with E-state index in [0.717, 1.165) is 16.8 Å². The molecule has 0 saturated carbocycles. The van der Waals surface area contributed by atoms with Crippen LogP contribution in [0.25, 0.3) is 11.3 Å². The van der Waals surface area contributed by atoms with Gasteiger partial charge in [-0.3, -0.25) is 4.98 Å². The Labute approximate surface area is 93.7 Å². The molecular weight excluding hydrogens is 208 g/mol. The van der Waals surface area contributed by atoms with Crippen LogP contribution in [0.3, 0.4) is 0 Å². The number of rotatable bonds is 2. The van der Waals surface area contributed by atoms with Gasteiger partial charge in [-0.1, -0.05) is 30.3 Å².